The first-order valence-electron chi connectivity index (χ1n) is 5.96. The van der Waals surface area contributed by atoms with Gasteiger partial charge in [-0.25, -0.2) is 0 Å². The van der Waals surface area contributed by atoms with Gasteiger partial charge < -0.3 is 15.2 Å². The zero-order chi connectivity index (χ0) is 15.1. The Labute approximate surface area is 122 Å². The molecule has 1 rings (SSSR count). The summed E-state index contributed by atoms with van der Waals surface area (Å²) in [7, 11) is 1.46. The highest BCUT2D eigenvalue weighted by Crippen LogP contribution is 2.37. The van der Waals surface area contributed by atoms with E-state index in [0.717, 1.165) is 6.29 Å². The molecule has 0 radical (unpaired) electrons. The van der Waals surface area contributed by atoms with Gasteiger partial charge in [-0.2, -0.15) is 0 Å². The number of ether oxygens (including phenoxy) is 2. The summed E-state index contributed by atoms with van der Waals surface area (Å²) in [6, 6.07) is 3.29. The summed E-state index contributed by atoms with van der Waals surface area (Å²) >= 11 is 6.09. The number of nitrogens with two attached hydrogens (primary N) is 1. The molecule has 1 aromatic rings. The van der Waals surface area contributed by atoms with Crippen LogP contribution in [0.15, 0.2) is 17.7 Å². The predicted molar refractivity (Wildman–Crippen MR) is 77.0 cm³/mol. The maximum atomic E-state index is 10.8. The lowest BCUT2D eigenvalue weighted by molar-refractivity contribution is -0.120. The average molecular weight is 298 g/mol. The molecular formula is C14H16ClNO4. The lowest BCUT2D eigenvalue weighted by atomic mass is 10.1. The van der Waals surface area contributed by atoms with E-state index in [1.165, 1.54) is 7.11 Å². The number of allylic oxidation sites excluding steroid dienone is 1. The van der Waals surface area contributed by atoms with Gasteiger partial charge in [0.2, 0.25) is 0 Å². The minimum absolute atomic E-state index is 0.245. The van der Waals surface area contributed by atoms with Crippen LogP contribution in [0, 0.1) is 0 Å². The number of amides is 1. The van der Waals surface area contributed by atoms with Crippen LogP contribution in [0.3, 0.4) is 0 Å². The normalized spacial score (nSPS) is 11.1. The van der Waals surface area contributed by atoms with E-state index in [1.54, 1.807) is 18.2 Å². The number of aldehydes is 1. The van der Waals surface area contributed by atoms with Crippen molar-refractivity contribution in [3.05, 3.63) is 28.3 Å². The third kappa shape index (κ3) is 4.28. The molecule has 20 heavy (non-hydrogen) atoms. The first-order chi connectivity index (χ1) is 9.51. The molecule has 0 spiro atoms. The van der Waals surface area contributed by atoms with E-state index < -0.39 is 5.91 Å². The number of rotatable bonds is 7. The van der Waals surface area contributed by atoms with Crippen molar-refractivity contribution < 1.29 is 19.1 Å². The standard InChI is InChI=1S/C14H16ClNO4/c1-3-9(7-17)4-10-5-11(15)14(12(6-10)19-2)20-8-13(16)18/h4-7H,3,8H2,1-2H3,(H2,16,18). The summed E-state index contributed by atoms with van der Waals surface area (Å²) in [5, 5.41) is 0.276. The van der Waals surface area contributed by atoms with Crippen LogP contribution < -0.4 is 15.2 Å². The number of carbonyl (C=O) groups is 2. The van der Waals surface area contributed by atoms with Crippen molar-refractivity contribution in [2.24, 2.45) is 5.73 Å². The third-order valence-corrected chi connectivity index (χ3v) is 2.80. The van der Waals surface area contributed by atoms with Gasteiger partial charge >= 0.3 is 0 Å². The van der Waals surface area contributed by atoms with Gasteiger partial charge in [0.15, 0.2) is 18.1 Å². The number of benzene rings is 1. The van der Waals surface area contributed by atoms with Crippen LogP contribution in [0.4, 0.5) is 0 Å². The lowest BCUT2D eigenvalue weighted by Crippen LogP contribution is -2.20. The van der Waals surface area contributed by atoms with Gasteiger partial charge in [-0.3, -0.25) is 9.59 Å². The van der Waals surface area contributed by atoms with E-state index in [1.807, 2.05) is 6.92 Å². The fourth-order valence-corrected chi connectivity index (χ4v) is 1.81. The van der Waals surface area contributed by atoms with Crippen LogP contribution in [0.5, 0.6) is 11.5 Å². The Balaban J connectivity index is 3.15. The molecule has 6 heteroatoms. The van der Waals surface area contributed by atoms with Crippen molar-refractivity contribution in [3.8, 4) is 11.5 Å². The topological polar surface area (TPSA) is 78.6 Å². The Morgan fingerprint density at radius 2 is 2.15 bits per heavy atom. The lowest BCUT2D eigenvalue weighted by Gasteiger charge is -2.12. The second-order valence-corrected chi connectivity index (χ2v) is 4.39. The van der Waals surface area contributed by atoms with Gasteiger partial charge in [0.1, 0.15) is 6.29 Å². The number of primary amides is 1. The molecule has 1 amide bonds. The molecule has 0 atom stereocenters. The molecule has 0 saturated heterocycles. The summed E-state index contributed by atoms with van der Waals surface area (Å²) in [4.78, 5) is 21.6. The summed E-state index contributed by atoms with van der Waals surface area (Å²) in [6.07, 6.45) is 3.11. The molecule has 0 aliphatic carbocycles. The summed E-state index contributed by atoms with van der Waals surface area (Å²) < 4.78 is 10.4. The SMILES string of the molecule is CCC(C=O)=Cc1cc(Cl)c(OCC(N)=O)c(OC)c1. The van der Waals surface area contributed by atoms with Crippen molar-refractivity contribution in [3.63, 3.8) is 0 Å². The Bertz CT molecular complexity index is 540. The summed E-state index contributed by atoms with van der Waals surface area (Å²) in [5.41, 5.74) is 6.36. The fraction of sp³-hybridized carbons (Fsp3) is 0.286. The molecule has 0 aliphatic heterocycles. The molecule has 108 valence electrons. The Morgan fingerprint density at radius 3 is 2.65 bits per heavy atom. The quantitative estimate of drug-likeness (QED) is 0.618. The number of hydrogen-bond acceptors (Lipinski definition) is 4. The smallest absolute Gasteiger partial charge is 0.255 e. The van der Waals surface area contributed by atoms with E-state index in [-0.39, 0.29) is 17.4 Å². The first kappa shape index (κ1) is 16.0. The second-order valence-electron chi connectivity index (χ2n) is 3.98. The molecule has 0 aromatic heterocycles. The molecule has 5 nitrogen and oxygen atoms in total. The summed E-state index contributed by atoms with van der Waals surface area (Å²) in [5.74, 6) is 0.00179. The van der Waals surface area contributed by atoms with E-state index >= 15 is 0 Å². The maximum Gasteiger partial charge on any atom is 0.255 e. The van der Waals surface area contributed by atoms with Crippen molar-refractivity contribution in [1.29, 1.82) is 0 Å². The molecule has 0 unspecified atom stereocenters. The largest absolute Gasteiger partial charge is 0.493 e. The van der Waals surface area contributed by atoms with E-state index in [2.05, 4.69) is 0 Å². The first-order valence-corrected chi connectivity index (χ1v) is 6.34. The number of carbonyl (C=O) groups excluding carboxylic acids is 2. The van der Waals surface area contributed by atoms with Crippen LogP contribution in [-0.2, 0) is 9.59 Å². The highest BCUT2D eigenvalue weighted by Gasteiger charge is 2.12. The molecule has 0 bridgehead atoms. The van der Waals surface area contributed by atoms with Crippen molar-refractivity contribution in [2.45, 2.75) is 13.3 Å². The van der Waals surface area contributed by atoms with Crippen LogP contribution in [0.2, 0.25) is 5.02 Å². The molecule has 2 N–H and O–H groups in total. The molecule has 0 fully saturated rings. The van der Waals surface area contributed by atoms with Gasteiger partial charge in [0, 0.05) is 0 Å². The maximum absolute atomic E-state index is 10.8. The van der Waals surface area contributed by atoms with E-state index in [9.17, 15) is 9.59 Å². The minimum Gasteiger partial charge on any atom is -0.493 e. The predicted octanol–water partition coefficient (Wildman–Crippen LogP) is 2.21. The zero-order valence-corrected chi connectivity index (χ0v) is 12.1. The number of hydrogen-bond donors (Lipinski definition) is 1. The second kappa shape index (κ2) is 7.55. The van der Waals surface area contributed by atoms with Crippen LogP contribution in [0.1, 0.15) is 18.9 Å². The Morgan fingerprint density at radius 1 is 1.45 bits per heavy atom. The number of halogens is 1. The zero-order valence-electron chi connectivity index (χ0n) is 11.3. The third-order valence-electron chi connectivity index (χ3n) is 2.52. The van der Waals surface area contributed by atoms with Gasteiger partial charge in [-0.1, -0.05) is 18.5 Å². The molecule has 0 heterocycles. The van der Waals surface area contributed by atoms with Crippen molar-refractivity contribution in [1.82, 2.24) is 0 Å². The molecule has 0 aliphatic rings. The average Bonchev–Trinajstić information content (AvgIpc) is 2.42. The van der Waals surface area contributed by atoms with Gasteiger partial charge in [-0.05, 0) is 35.8 Å². The number of methoxy groups -OCH3 is 1. The van der Waals surface area contributed by atoms with Gasteiger partial charge in [-0.15, -0.1) is 0 Å². The summed E-state index contributed by atoms with van der Waals surface area (Å²) in [6.45, 7) is 1.59. The fourth-order valence-electron chi connectivity index (χ4n) is 1.54. The van der Waals surface area contributed by atoms with E-state index in [4.69, 9.17) is 26.8 Å². The van der Waals surface area contributed by atoms with E-state index in [0.29, 0.717) is 23.3 Å². The van der Waals surface area contributed by atoms with Crippen LogP contribution in [-0.4, -0.2) is 25.9 Å². The molecule has 0 saturated carbocycles. The van der Waals surface area contributed by atoms with Crippen LogP contribution >= 0.6 is 11.6 Å². The Kier molecular flexibility index (Phi) is 6.06. The highest BCUT2D eigenvalue weighted by atomic mass is 35.5. The van der Waals surface area contributed by atoms with Gasteiger partial charge in [0.05, 0.1) is 12.1 Å². The van der Waals surface area contributed by atoms with Crippen molar-refractivity contribution >= 4 is 29.9 Å². The monoisotopic (exact) mass is 297 g/mol. The van der Waals surface area contributed by atoms with Crippen LogP contribution in [0.25, 0.3) is 6.08 Å². The van der Waals surface area contributed by atoms with Crippen molar-refractivity contribution in [2.75, 3.05) is 13.7 Å². The Hall–Kier alpha value is -2.01. The van der Waals surface area contributed by atoms with Gasteiger partial charge in [0.25, 0.3) is 5.91 Å². The minimum atomic E-state index is -0.610. The highest BCUT2D eigenvalue weighted by molar-refractivity contribution is 6.32. The molecular weight excluding hydrogens is 282 g/mol. The molecule has 1 aromatic carbocycles.